The largest absolute Gasteiger partial charge is 0.452 e. The number of urea groups is 1. The Balaban J connectivity index is 1.29. The van der Waals surface area contributed by atoms with Gasteiger partial charge in [0.2, 0.25) is 5.89 Å². The van der Waals surface area contributed by atoms with E-state index in [1.165, 1.54) is 36.4 Å². The minimum atomic E-state index is -0.615. The van der Waals surface area contributed by atoms with Crippen LogP contribution in [0, 0.1) is 10.1 Å². The average molecular weight is 459 g/mol. The Morgan fingerprint density at radius 1 is 0.882 bits per heavy atom. The van der Waals surface area contributed by atoms with Crippen molar-refractivity contribution >= 4 is 29.1 Å². The predicted molar refractivity (Wildman–Crippen MR) is 121 cm³/mol. The smallest absolute Gasteiger partial charge is 0.338 e. The summed E-state index contributed by atoms with van der Waals surface area (Å²) in [4.78, 5) is 34.6. The number of carbonyl (C=O) groups is 2. The van der Waals surface area contributed by atoms with Crippen LogP contribution in [0.15, 0.2) is 83.3 Å². The van der Waals surface area contributed by atoms with Crippen molar-refractivity contribution in [2.45, 2.75) is 6.61 Å². The number of amides is 2. The zero-order valence-corrected chi connectivity index (χ0v) is 17.5. The summed E-state index contributed by atoms with van der Waals surface area (Å²) in [6.45, 7) is -0.252. The molecule has 11 nitrogen and oxygen atoms in total. The quantitative estimate of drug-likeness (QED) is 0.230. The van der Waals surface area contributed by atoms with Crippen LogP contribution >= 0.6 is 0 Å². The molecule has 0 aliphatic carbocycles. The molecule has 2 amide bonds. The van der Waals surface area contributed by atoms with Gasteiger partial charge in [-0.2, -0.15) is 0 Å². The second kappa shape index (κ2) is 10.0. The van der Waals surface area contributed by atoms with Crippen LogP contribution in [0.1, 0.15) is 16.2 Å². The fraction of sp³-hybridized carbons (Fsp3) is 0.0435. The van der Waals surface area contributed by atoms with E-state index in [1.54, 1.807) is 36.4 Å². The van der Waals surface area contributed by atoms with Gasteiger partial charge in [-0.1, -0.05) is 18.2 Å². The molecule has 4 aromatic rings. The van der Waals surface area contributed by atoms with E-state index in [-0.39, 0.29) is 29.6 Å². The highest BCUT2D eigenvalue weighted by Crippen LogP contribution is 2.21. The molecule has 0 bridgehead atoms. The average Bonchev–Trinajstić information content (AvgIpc) is 3.33. The van der Waals surface area contributed by atoms with Crippen LogP contribution in [0.5, 0.6) is 0 Å². The number of ether oxygens (including phenoxy) is 1. The van der Waals surface area contributed by atoms with Gasteiger partial charge >= 0.3 is 12.0 Å². The fourth-order valence-electron chi connectivity index (χ4n) is 2.87. The number of rotatable bonds is 7. The maximum atomic E-state index is 12.3. The molecule has 2 N–H and O–H groups in total. The SMILES string of the molecule is O=C(Nc1ccccc1)Nc1ccc(C(=O)OCc2nnc(-c3ccc([N+](=O)[O-])cc3)o2)cc1. The Kier molecular flexibility index (Phi) is 6.54. The Hall–Kier alpha value is -5.06. The summed E-state index contributed by atoms with van der Waals surface area (Å²) in [5, 5.41) is 23.8. The fourth-order valence-corrected chi connectivity index (χ4v) is 2.87. The molecule has 4 rings (SSSR count). The van der Waals surface area contributed by atoms with Gasteiger partial charge in [-0.3, -0.25) is 10.1 Å². The zero-order valence-electron chi connectivity index (χ0n) is 17.5. The van der Waals surface area contributed by atoms with E-state index in [9.17, 15) is 19.7 Å². The molecule has 0 atom stereocenters. The maximum absolute atomic E-state index is 12.3. The van der Waals surface area contributed by atoms with Crippen molar-refractivity contribution < 1.29 is 23.7 Å². The molecule has 0 spiro atoms. The van der Waals surface area contributed by atoms with Gasteiger partial charge in [0.1, 0.15) is 0 Å². The highest BCUT2D eigenvalue weighted by molar-refractivity contribution is 6.00. The number of benzene rings is 3. The molecule has 0 saturated heterocycles. The van der Waals surface area contributed by atoms with Gasteiger partial charge in [-0.25, -0.2) is 9.59 Å². The number of nitro groups is 1. The topological polar surface area (TPSA) is 149 Å². The molecule has 0 saturated carbocycles. The first-order valence-electron chi connectivity index (χ1n) is 9.95. The third kappa shape index (κ3) is 5.59. The third-order valence-electron chi connectivity index (χ3n) is 4.53. The molecule has 0 radical (unpaired) electrons. The Morgan fingerprint density at radius 3 is 2.18 bits per heavy atom. The number of anilines is 2. The standard InChI is InChI=1S/C23H17N5O6/c29-22(16-6-10-18(11-7-16)25-23(30)24-17-4-2-1-3-5-17)33-14-20-26-27-21(34-20)15-8-12-19(13-9-15)28(31)32/h1-13H,14H2,(H2,24,25,30). The van der Waals surface area contributed by atoms with Gasteiger partial charge in [0, 0.05) is 29.1 Å². The number of carbonyl (C=O) groups excluding carboxylic acids is 2. The second-order valence-corrected chi connectivity index (χ2v) is 6.90. The second-order valence-electron chi connectivity index (χ2n) is 6.90. The van der Waals surface area contributed by atoms with Gasteiger partial charge in [0.25, 0.3) is 11.6 Å². The summed E-state index contributed by atoms with van der Waals surface area (Å²) in [6.07, 6.45) is 0. The third-order valence-corrected chi connectivity index (χ3v) is 4.53. The Morgan fingerprint density at radius 2 is 1.53 bits per heavy atom. The van der Waals surface area contributed by atoms with Crippen molar-refractivity contribution in [3.8, 4) is 11.5 Å². The molecule has 34 heavy (non-hydrogen) atoms. The highest BCUT2D eigenvalue weighted by Gasteiger charge is 2.14. The number of hydrogen-bond donors (Lipinski definition) is 2. The van der Waals surface area contributed by atoms with E-state index in [1.807, 2.05) is 6.07 Å². The minimum absolute atomic E-state index is 0.0598. The molecule has 11 heteroatoms. The van der Waals surface area contributed by atoms with Crippen molar-refractivity contribution in [2.24, 2.45) is 0 Å². The lowest BCUT2D eigenvalue weighted by atomic mass is 10.2. The number of esters is 1. The molecule has 0 aliphatic heterocycles. The summed E-state index contributed by atoms with van der Waals surface area (Å²) in [5.74, 6) is -0.405. The zero-order chi connectivity index (χ0) is 23.9. The molecule has 0 fully saturated rings. The molecule has 0 unspecified atom stereocenters. The van der Waals surface area contributed by atoms with Crippen LogP contribution in [0.2, 0.25) is 0 Å². The minimum Gasteiger partial charge on any atom is -0.452 e. The van der Waals surface area contributed by atoms with E-state index >= 15 is 0 Å². The van der Waals surface area contributed by atoms with Crippen LogP contribution in [0.25, 0.3) is 11.5 Å². The van der Waals surface area contributed by atoms with E-state index in [2.05, 4.69) is 20.8 Å². The number of para-hydroxylation sites is 1. The molecular formula is C23H17N5O6. The van der Waals surface area contributed by atoms with E-state index in [0.29, 0.717) is 16.9 Å². The summed E-state index contributed by atoms with van der Waals surface area (Å²) in [7, 11) is 0. The van der Waals surface area contributed by atoms with Crippen LogP contribution in [-0.4, -0.2) is 27.1 Å². The molecule has 1 heterocycles. The van der Waals surface area contributed by atoms with Gasteiger partial charge in [0.15, 0.2) is 6.61 Å². The van der Waals surface area contributed by atoms with Crippen molar-refractivity contribution in [1.29, 1.82) is 0 Å². The van der Waals surface area contributed by atoms with Crippen LogP contribution in [0.4, 0.5) is 21.9 Å². The molecule has 170 valence electrons. The molecular weight excluding hydrogens is 442 g/mol. The van der Waals surface area contributed by atoms with Crippen molar-refractivity contribution in [1.82, 2.24) is 10.2 Å². The number of aromatic nitrogens is 2. The predicted octanol–water partition coefficient (Wildman–Crippen LogP) is 4.65. The van der Waals surface area contributed by atoms with Gasteiger partial charge in [-0.15, -0.1) is 10.2 Å². The number of hydrogen-bond acceptors (Lipinski definition) is 8. The number of nitrogens with one attached hydrogen (secondary N) is 2. The van der Waals surface area contributed by atoms with Crippen LogP contribution in [-0.2, 0) is 11.3 Å². The Labute approximate surface area is 192 Å². The normalized spacial score (nSPS) is 10.4. The first-order valence-corrected chi connectivity index (χ1v) is 9.95. The molecule has 0 aliphatic rings. The van der Waals surface area contributed by atoms with Gasteiger partial charge in [-0.05, 0) is 48.5 Å². The first-order chi connectivity index (χ1) is 16.5. The van der Waals surface area contributed by atoms with Crippen molar-refractivity contribution in [2.75, 3.05) is 10.6 Å². The number of non-ortho nitro benzene ring substituents is 1. The van der Waals surface area contributed by atoms with Crippen LogP contribution < -0.4 is 10.6 Å². The number of nitro benzene ring substituents is 1. The maximum Gasteiger partial charge on any atom is 0.338 e. The lowest BCUT2D eigenvalue weighted by Crippen LogP contribution is -2.19. The van der Waals surface area contributed by atoms with Gasteiger partial charge in [0.05, 0.1) is 10.5 Å². The lowest BCUT2D eigenvalue weighted by molar-refractivity contribution is -0.384. The monoisotopic (exact) mass is 459 g/mol. The summed E-state index contributed by atoms with van der Waals surface area (Å²) in [6, 6.07) is 20.3. The molecule has 1 aromatic heterocycles. The summed E-state index contributed by atoms with van der Waals surface area (Å²) < 4.78 is 10.6. The van der Waals surface area contributed by atoms with Crippen molar-refractivity contribution in [3.05, 3.63) is 100 Å². The summed E-state index contributed by atoms with van der Waals surface area (Å²) in [5.41, 5.74) is 1.85. The van der Waals surface area contributed by atoms with E-state index in [0.717, 1.165) is 0 Å². The Bertz CT molecular complexity index is 1300. The van der Waals surface area contributed by atoms with E-state index in [4.69, 9.17) is 9.15 Å². The first kappa shape index (κ1) is 22.1. The van der Waals surface area contributed by atoms with Gasteiger partial charge < -0.3 is 19.8 Å². The molecule has 3 aromatic carbocycles. The highest BCUT2D eigenvalue weighted by atomic mass is 16.6. The van der Waals surface area contributed by atoms with Crippen LogP contribution in [0.3, 0.4) is 0 Å². The number of nitrogens with zero attached hydrogens (tertiary/aromatic N) is 3. The van der Waals surface area contributed by atoms with E-state index < -0.39 is 16.9 Å². The van der Waals surface area contributed by atoms with Crippen molar-refractivity contribution in [3.63, 3.8) is 0 Å². The lowest BCUT2D eigenvalue weighted by Gasteiger charge is -2.08. The summed E-state index contributed by atoms with van der Waals surface area (Å²) >= 11 is 0.